The van der Waals surface area contributed by atoms with Gasteiger partial charge >= 0.3 is 6.03 Å². The first-order chi connectivity index (χ1) is 14.1. The first kappa shape index (κ1) is 18.5. The van der Waals surface area contributed by atoms with E-state index in [2.05, 4.69) is 20.9 Å². The van der Waals surface area contributed by atoms with Gasteiger partial charge in [0, 0.05) is 11.4 Å². The topological polar surface area (TPSA) is 82.6 Å². The number of anilines is 3. The van der Waals surface area contributed by atoms with Crippen LogP contribution in [-0.4, -0.2) is 25.5 Å². The minimum Gasteiger partial charge on any atom is -0.324 e. The van der Waals surface area contributed by atoms with Gasteiger partial charge in [0.25, 0.3) is 0 Å². The molecule has 0 saturated carbocycles. The number of nitrogens with zero attached hydrogens (tertiary/aromatic N) is 1. The van der Waals surface area contributed by atoms with Crippen molar-refractivity contribution in [2.45, 2.75) is 6.42 Å². The maximum absolute atomic E-state index is 12.4. The molecule has 6 nitrogen and oxygen atoms in total. The highest BCUT2D eigenvalue weighted by Gasteiger charge is 2.18. The molecule has 0 fully saturated rings. The highest BCUT2D eigenvalue weighted by atomic mass is 16.2. The van der Waals surface area contributed by atoms with E-state index >= 15 is 0 Å². The average molecular weight is 380 g/mol. The normalized spacial score (nSPS) is 12.8. The first-order valence-corrected chi connectivity index (χ1v) is 9.07. The van der Waals surface area contributed by atoms with Crippen LogP contribution in [0.25, 0.3) is 0 Å². The number of fused-ring (bicyclic) bond motifs is 1. The summed E-state index contributed by atoms with van der Waals surface area (Å²) in [6.45, 7) is 0. The van der Waals surface area contributed by atoms with Gasteiger partial charge in [-0.25, -0.2) is 4.79 Å². The molecule has 140 valence electrons. The molecule has 0 aromatic heterocycles. The van der Waals surface area contributed by atoms with Crippen LogP contribution in [0.3, 0.4) is 0 Å². The van der Waals surface area contributed by atoms with Gasteiger partial charge in [-0.15, -0.1) is 0 Å². The molecular formula is C22H17BN4O2. The van der Waals surface area contributed by atoms with Crippen molar-refractivity contribution in [3.05, 3.63) is 78.4 Å². The molecule has 0 bridgehead atoms. The second-order valence-electron chi connectivity index (χ2n) is 6.59. The van der Waals surface area contributed by atoms with Crippen molar-refractivity contribution in [2.24, 2.45) is 4.99 Å². The average Bonchev–Trinajstić information content (AvgIpc) is 2.86. The summed E-state index contributed by atoms with van der Waals surface area (Å²) in [7, 11) is 5.85. The molecule has 1 heterocycles. The Morgan fingerprint density at radius 3 is 2.52 bits per heavy atom. The molecule has 3 aromatic carbocycles. The van der Waals surface area contributed by atoms with Crippen LogP contribution in [0, 0.1) is 0 Å². The van der Waals surface area contributed by atoms with Crippen molar-refractivity contribution < 1.29 is 9.59 Å². The fraction of sp³-hybridized carbons (Fsp3) is 0.0455. The second kappa shape index (κ2) is 8.02. The molecule has 3 N–H and O–H groups in total. The summed E-state index contributed by atoms with van der Waals surface area (Å²) in [6, 6.07) is 21.2. The number of rotatable bonds is 3. The van der Waals surface area contributed by atoms with Crippen molar-refractivity contribution in [3.8, 4) is 0 Å². The van der Waals surface area contributed by atoms with Gasteiger partial charge in [-0.05, 0) is 35.9 Å². The number of urea groups is 1. The van der Waals surface area contributed by atoms with E-state index in [1.165, 1.54) is 0 Å². The van der Waals surface area contributed by atoms with E-state index in [0.717, 1.165) is 5.56 Å². The molecule has 0 unspecified atom stereocenters. The van der Waals surface area contributed by atoms with Crippen molar-refractivity contribution >= 4 is 53.7 Å². The van der Waals surface area contributed by atoms with Gasteiger partial charge in [0.1, 0.15) is 7.85 Å². The van der Waals surface area contributed by atoms with E-state index in [9.17, 15) is 9.59 Å². The monoisotopic (exact) mass is 380 g/mol. The Morgan fingerprint density at radius 2 is 1.72 bits per heavy atom. The number of aliphatic imine (C=N–C) groups is 1. The number of para-hydroxylation sites is 1. The predicted molar refractivity (Wildman–Crippen MR) is 117 cm³/mol. The molecule has 1 aliphatic heterocycles. The quantitative estimate of drug-likeness (QED) is 0.607. The van der Waals surface area contributed by atoms with E-state index in [4.69, 9.17) is 7.85 Å². The van der Waals surface area contributed by atoms with E-state index in [-0.39, 0.29) is 18.4 Å². The summed E-state index contributed by atoms with van der Waals surface area (Å²) in [5.41, 5.74) is 4.42. The fourth-order valence-electron chi connectivity index (χ4n) is 3.04. The minimum absolute atomic E-state index is 0.134. The Kier molecular flexibility index (Phi) is 5.11. The molecule has 2 radical (unpaired) electrons. The van der Waals surface area contributed by atoms with Gasteiger partial charge in [-0.3, -0.25) is 9.79 Å². The number of benzene rings is 3. The molecule has 3 aromatic rings. The Bertz CT molecular complexity index is 1110. The Morgan fingerprint density at radius 1 is 0.931 bits per heavy atom. The maximum Gasteiger partial charge on any atom is 0.323 e. The van der Waals surface area contributed by atoms with Crippen molar-refractivity contribution in [1.29, 1.82) is 0 Å². The van der Waals surface area contributed by atoms with E-state index in [1.807, 2.05) is 30.3 Å². The van der Waals surface area contributed by atoms with Gasteiger partial charge < -0.3 is 16.0 Å². The number of hydrogen-bond donors (Lipinski definition) is 3. The first-order valence-electron chi connectivity index (χ1n) is 9.07. The summed E-state index contributed by atoms with van der Waals surface area (Å²) < 4.78 is 0. The van der Waals surface area contributed by atoms with Crippen LogP contribution in [0.4, 0.5) is 27.5 Å². The zero-order valence-corrected chi connectivity index (χ0v) is 15.5. The lowest BCUT2D eigenvalue weighted by atomic mass is 9.92. The van der Waals surface area contributed by atoms with Gasteiger partial charge in [-0.1, -0.05) is 47.9 Å². The SMILES string of the molecule is [B]c1cccc(C2=Nc3ccc(NC(=O)Nc4ccccc4)cc3NC(=O)C2)c1. The zero-order chi connectivity index (χ0) is 20.2. The fourth-order valence-corrected chi connectivity index (χ4v) is 3.04. The maximum atomic E-state index is 12.4. The summed E-state index contributed by atoms with van der Waals surface area (Å²) in [5, 5.41) is 8.35. The van der Waals surface area contributed by atoms with Gasteiger partial charge in [-0.2, -0.15) is 0 Å². The van der Waals surface area contributed by atoms with Crippen LogP contribution in [-0.2, 0) is 4.79 Å². The molecule has 4 rings (SSSR count). The second-order valence-corrected chi connectivity index (χ2v) is 6.59. The summed E-state index contributed by atoms with van der Waals surface area (Å²) in [4.78, 5) is 29.2. The van der Waals surface area contributed by atoms with Crippen LogP contribution in [0.15, 0.2) is 77.8 Å². The van der Waals surface area contributed by atoms with Crippen LogP contribution < -0.4 is 21.4 Å². The third kappa shape index (κ3) is 4.52. The predicted octanol–water partition coefficient (Wildman–Crippen LogP) is 3.59. The lowest BCUT2D eigenvalue weighted by Gasteiger charge is -2.10. The lowest BCUT2D eigenvalue weighted by Crippen LogP contribution is -2.19. The van der Waals surface area contributed by atoms with Gasteiger partial charge in [0.05, 0.1) is 23.5 Å². The zero-order valence-electron chi connectivity index (χ0n) is 15.5. The highest BCUT2D eigenvalue weighted by molar-refractivity contribution is 6.33. The third-order valence-corrected chi connectivity index (χ3v) is 4.36. The number of carbonyl (C=O) groups excluding carboxylic acids is 2. The molecular weight excluding hydrogens is 363 g/mol. The Hall–Kier alpha value is -3.87. The molecule has 29 heavy (non-hydrogen) atoms. The Balaban J connectivity index is 1.57. The van der Waals surface area contributed by atoms with Crippen molar-refractivity contribution in [1.82, 2.24) is 0 Å². The van der Waals surface area contributed by atoms with Crippen molar-refractivity contribution in [2.75, 3.05) is 16.0 Å². The third-order valence-electron chi connectivity index (χ3n) is 4.36. The van der Waals surface area contributed by atoms with Crippen molar-refractivity contribution in [3.63, 3.8) is 0 Å². The van der Waals surface area contributed by atoms with Gasteiger partial charge in [0.2, 0.25) is 5.91 Å². The molecule has 3 amide bonds. The number of hydrogen-bond acceptors (Lipinski definition) is 3. The number of carbonyl (C=O) groups is 2. The summed E-state index contributed by atoms with van der Waals surface area (Å²) in [6.07, 6.45) is 0.134. The van der Waals surface area contributed by atoms with E-state index < -0.39 is 0 Å². The molecule has 0 saturated heterocycles. The minimum atomic E-state index is -0.375. The highest BCUT2D eigenvalue weighted by Crippen LogP contribution is 2.31. The summed E-state index contributed by atoms with van der Waals surface area (Å²) in [5.74, 6) is -0.184. The largest absolute Gasteiger partial charge is 0.324 e. The molecule has 0 atom stereocenters. The molecule has 7 heteroatoms. The Labute approximate surface area is 169 Å². The van der Waals surface area contributed by atoms with E-state index in [0.29, 0.717) is 33.9 Å². The van der Waals surface area contributed by atoms with Crippen LogP contribution in [0.2, 0.25) is 0 Å². The number of nitrogens with one attached hydrogen (secondary N) is 3. The number of amides is 3. The standard InChI is InChI=1S/C22H17BN4O2/c23-15-6-4-5-14(11-15)19-13-21(28)27-20-12-17(9-10-18(20)26-19)25-22(29)24-16-7-2-1-3-8-16/h1-12H,13H2,(H,27,28)(H2,24,25,29). The summed E-state index contributed by atoms with van der Waals surface area (Å²) >= 11 is 0. The van der Waals surface area contributed by atoms with Crippen LogP contribution in [0.1, 0.15) is 12.0 Å². The molecule has 0 spiro atoms. The lowest BCUT2D eigenvalue weighted by molar-refractivity contribution is -0.115. The van der Waals surface area contributed by atoms with Gasteiger partial charge in [0.15, 0.2) is 0 Å². The molecule has 1 aliphatic rings. The van der Waals surface area contributed by atoms with Crippen LogP contribution in [0.5, 0.6) is 0 Å². The molecule has 0 aliphatic carbocycles. The van der Waals surface area contributed by atoms with Crippen LogP contribution >= 0.6 is 0 Å². The smallest absolute Gasteiger partial charge is 0.323 e. The van der Waals surface area contributed by atoms with E-state index in [1.54, 1.807) is 42.5 Å².